The smallest absolute Gasteiger partial charge is 0.254 e. The molecule has 1 aromatic carbocycles. The molecule has 0 spiro atoms. The van der Waals surface area contributed by atoms with Crippen LogP contribution in [0.25, 0.3) is 0 Å². The second-order valence-electron chi connectivity index (χ2n) is 13.5. The van der Waals surface area contributed by atoms with Gasteiger partial charge in [0.05, 0.1) is 18.0 Å². The number of benzene rings is 1. The van der Waals surface area contributed by atoms with Crippen LogP contribution in [0.1, 0.15) is 81.5 Å². The molecule has 47 heavy (non-hydrogen) atoms. The molecule has 0 bridgehead atoms. The number of morpholine rings is 1. The van der Waals surface area contributed by atoms with Gasteiger partial charge in [-0.2, -0.15) is 0 Å². The molecule has 5 rings (SSSR count). The molecular weight excluding hydrogens is 622 g/mol. The van der Waals surface area contributed by atoms with Crippen molar-refractivity contribution in [2.24, 2.45) is 11.8 Å². The Morgan fingerprint density at radius 2 is 1.83 bits per heavy atom. The number of nitrogens with zero attached hydrogens (tertiary/aromatic N) is 2. The van der Waals surface area contributed by atoms with E-state index in [-0.39, 0.29) is 29.6 Å². The summed E-state index contributed by atoms with van der Waals surface area (Å²) in [5.41, 5.74) is 1.23. The maximum absolute atomic E-state index is 13.8. The van der Waals surface area contributed by atoms with Crippen LogP contribution in [0.3, 0.4) is 0 Å². The molecule has 13 heteroatoms. The first-order valence-corrected chi connectivity index (χ1v) is 18.5. The molecule has 2 saturated heterocycles. The Balaban J connectivity index is 1.12. The average molecular weight is 672 g/mol. The lowest BCUT2D eigenvalue weighted by Crippen LogP contribution is -2.50. The number of hydrogen-bond donors (Lipinski definition) is 3. The molecule has 4 fully saturated rings. The van der Waals surface area contributed by atoms with Crippen molar-refractivity contribution < 1.29 is 32.3 Å². The molecule has 4 unspecified atom stereocenters. The molecule has 4 atom stereocenters. The van der Waals surface area contributed by atoms with Gasteiger partial charge in [-0.15, -0.1) is 0 Å². The van der Waals surface area contributed by atoms with E-state index in [0.717, 1.165) is 32.1 Å². The number of likely N-dealkylation sites (N-methyl/N-ethyl adjacent to an activating group) is 1. The maximum Gasteiger partial charge on any atom is 0.254 e. The van der Waals surface area contributed by atoms with Crippen LogP contribution in [-0.2, 0) is 29.1 Å². The maximum atomic E-state index is 13.8. The summed E-state index contributed by atoms with van der Waals surface area (Å²) in [5, 5.41) is 6.07. The first kappa shape index (κ1) is 34.9. The van der Waals surface area contributed by atoms with E-state index in [0.29, 0.717) is 76.2 Å². The molecule has 12 nitrogen and oxygen atoms in total. The molecule has 2 aliphatic heterocycles. The number of amides is 4. The quantitative estimate of drug-likeness (QED) is 0.190. The number of allylic oxidation sites excluding steroid dienone is 2. The van der Waals surface area contributed by atoms with Gasteiger partial charge in [-0.25, -0.2) is 8.42 Å². The largest absolute Gasteiger partial charge is 0.378 e. The van der Waals surface area contributed by atoms with Gasteiger partial charge in [0.15, 0.2) is 0 Å². The van der Waals surface area contributed by atoms with Gasteiger partial charge >= 0.3 is 0 Å². The van der Waals surface area contributed by atoms with E-state index in [1.165, 1.54) is 0 Å². The fourth-order valence-electron chi connectivity index (χ4n) is 6.38. The van der Waals surface area contributed by atoms with Crippen LogP contribution in [0.2, 0.25) is 0 Å². The summed E-state index contributed by atoms with van der Waals surface area (Å²) in [5.74, 6) is -0.951. The Kier molecular flexibility index (Phi) is 11.3. The molecule has 2 heterocycles. The van der Waals surface area contributed by atoms with Crippen molar-refractivity contribution in [1.29, 1.82) is 0 Å². The number of sulfonamides is 1. The Bertz CT molecular complexity index is 1450. The highest BCUT2D eigenvalue weighted by Crippen LogP contribution is 2.44. The Morgan fingerprint density at radius 1 is 1.06 bits per heavy atom. The number of hydrogen-bond acceptors (Lipinski definition) is 8. The molecule has 4 amide bonds. The third-order valence-corrected chi connectivity index (χ3v) is 12.1. The fraction of sp³-hybridized carbons (Fsp3) is 0.647. The molecule has 2 aliphatic carbocycles. The lowest BCUT2D eigenvalue weighted by atomic mass is 10.0. The van der Waals surface area contributed by atoms with Crippen LogP contribution in [0.4, 0.5) is 5.69 Å². The van der Waals surface area contributed by atoms with E-state index in [1.807, 2.05) is 18.2 Å². The van der Waals surface area contributed by atoms with Gasteiger partial charge in [0.1, 0.15) is 12.1 Å². The first-order chi connectivity index (χ1) is 22.5. The summed E-state index contributed by atoms with van der Waals surface area (Å²) in [4.78, 5) is 55.3. The number of unbranched alkanes of at least 4 members (excludes halogenated alkanes) is 3. The molecule has 2 saturated carbocycles. The SMILES string of the molecule is CNC(=O)C1CCCN1C(=O)C(CCCCCC=CC1CC1C(=O)NS(=O)(=O)C1(C)CC1)Nc1cccc(C(=O)N2CCOCC2)c1. The minimum absolute atomic E-state index is 0.0668. The molecule has 3 N–H and O–H groups in total. The van der Waals surface area contributed by atoms with E-state index >= 15 is 0 Å². The minimum atomic E-state index is -3.60. The Labute approximate surface area is 278 Å². The fourth-order valence-corrected chi connectivity index (χ4v) is 7.68. The lowest BCUT2D eigenvalue weighted by molar-refractivity contribution is -0.138. The van der Waals surface area contributed by atoms with Crippen LogP contribution in [0.5, 0.6) is 0 Å². The summed E-state index contributed by atoms with van der Waals surface area (Å²) < 4.78 is 31.5. The average Bonchev–Trinajstić information content (AvgIpc) is 3.98. The normalized spacial score (nSPS) is 24.1. The second kappa shape index (κ2) is 15.2. The monoisotopic (exact) mass is 671 g/mol. The molecule has 258 valence electrons. The molecule has 4 aliphatic rings. The van der Waals surface area contributed by atoms with Crippen LogP contribution < -0.4 is 15.4 Å². The number of ether oxygens (including phenoxy) is 1. The summed E-state index contributed by atoms with van der Waals surface area (Å²) in [6.45, 7) is 4.32. The number of likely N-dealkylation sites (tertiary alicyclic amines) is 1. The van der Waals surface area contributed by atoms with E-state index in [2.05, 4.69) is 21.4 Å². The lowest BCUT2D eigenvalue weighted by Gasteiger charge is -2.29. The second-order valence-corrected chi connectivity index (χ2v) is 15.7. The molecule has 0 radical (unpaired) electrons. The van der Waals surface area contributed by atoms with Crippen molar-refractivity contribution in [3.05, 3.63) is 42.0 Å². The minimum Gasteiger partial charge on any atom is -0.378 e. The highest BCUT2D eigenvalue weighted by atomic mass is 32.2. The first-order valence-electron chi connectivity index (χ1n) is 17.0. The summed E-state index contributed by atoms with van der Waals surface area (Å²) >= 11 is 0. The van der Waals surface area contributed by atoms with E-state index in [9.17, 15) is 27.6 Å². The van der Waals surface area contributed by atoms with Crippen molar-refractivity contribution in [3.8, 4) is 0 Å². The molecule has 0 aromatic heterocycles. The molecule has 1 aromatic rings. The van der Waals surface area contributed by atoms with Crippen molar-refractivity contribution in [2.45, 2.75) is 88.0 Å². The van der Waals surface area contributed by atoms with E-state index in [1.54, 1.807) is 35.9 Å². The number of nitrogens with one attached hydrogen (secondary N) is 3. The Hall–Kier alpha value is -3.45. The predicted molar refractivity (Wildman–Crippen MR) is 178 cm³/mol. The summed E-state index contributed by atoms with van der Waals surface area (Å²) in [7, 11) is -2.02. The topological polar surface area (TPSA) is 154 Å². The van der Waals surface area contributed by atoms with Crippen molar-refractivity contribution in [3.63, 3.8) is 0 Å². The van der Waals surface area contributed by atoms with Gasteiger partial charge in [0, 0.05) is 43.9 Å². The van der Waals surface area contributed by atoms with E-state index in [4.69, 9.17) is 4.74 Å². The number of carbonyl (C=O) groups is 4. The van der Waals surface area contributed by atoms with Gasteiger partial charge in [-0.3, -0.25) is 23.9 Å². The summed E-state index contributed by atoms with van der Waals surface area (Å²) in [6, 6.07) is 6.20. The Morgan fingerprint density at radius 3 is 2.55 bits per heavy atom. The van der Waals surface area contributed by atoms with Crippen LogP contribution in [0, 0.1) is 11.8 Å². The summed E-state index contributed by atoms with van der Waals surface area (Å²) in [6.07, 6.45) is 11.3. The van der Waals surface area contributed by atoms with Gasteiger partial charge in [0.2, 0.25) is 27.7 Å². The van der Waals surface area contributed by atoms with Crippen molar-refractivity contribution in [1.82, 2.24) is 19.8 Å². The zero-order valence-corrected chi connectivity index (χ0v) is 28.4. The zero-order valence-electron chi connectivity index (χ0n) is 27.5. The predicted octanol–water partition coefficient (Wildman–Crippen LogP) is 2.82. The van der Waals surface area contributed by atoms with Gasteiger partial charge in [-0.1, -0.05) is 31.1 Å². The van der Waals surface area contributed by atoms with Crippen LogP contribution >= 0.6 is 0 Å². The molecular formula is C34H49N5O7S. The van der Waals surface area contributed by atoms with E-state index < -0.39 is 32.8 Å². The van der Waals surface area contributed by atoms with Crippen molar-refractivity contribution in [2.75, 3.05) is 45.2 Å². The highest BCUT2D eigenvalue weighted by Gasteiger charge is 2.52. The van der Waals surface area contributed by atoms with Gasteiger partial charge in [0.25, 0.3) is 5.91 Å². The van der Waals surface area contributed by atoms with Gasteiger partial charge in [-0.05, 0) is 82.4 Å². The zero-order chi connectivity index (χ0) is 33.6. The standard InChI is InChI=1S/C34H49N5O7S/c1-34(15-16-34)47(44,45)37-30(40)27-23-24(27)10-6-4-3-5-7-13-28(33(43)39-17-9-14-29(39)31(41)35-2)36-26-12-8-11-25(22-26)32(42)38-18-20-46-21-19-38/h6,8,10-12,22,24,27-29,36H,3-5,7,9,13-21,23H2,1-2H3,(H,35,41)(H,37,40). The van der Waals surface area contributed by atoms with Crippen LogP contribution in [0.15, 0.2) is 36.4 Å². The third kappa shape index (κ3) is 8.72. The van der Waals surface area contributed by atoms with Crippen molar-refractivity contribution >= 4 is 39.3 Å². The third-order valence-electron chi connectivity index (χ3n) is 9.89. The van der Waals surface area contributed by atoms with Crippen LogP contribution in [-0.4, -0.2) is 98.6 Å². The van der Waals surface area contributed by atoms with Gasteiger partial charge < -0.3 is 25.2 Å². The number of carbonyl (C=O) groups excluding carboxylic acids is 4. The highest BCUT2D eigenvalue weighted by molar-refractivity contribution is 7.91. The number of rotatable bonds is 15. The number of anilines is 1.